The number of carboxylic acids is 1. The zero-order valence-corrected chi connectivity index (χ0v) is 13.6. The Morgan fingerprint density at radius 1 is 1.10 bits per heavy atom. The second-order valence-electron chi connectivity index (χ2n) is 6.20. The molecule has 0 spiro atoms. The molecule has 0 unspecified atom stereocenters. The van der Waals surface area contributed by atoms with E-state index in [4.69, 9.17) is 5.11 Å². The molecule has 20 heavy (non-hydrogen) atoms. The van der Waals surface area contributed by atoms with E-state index in [9.17, 15) is 4.79 Å². The molecular formula is C17H26O2S. The fourth-order valence-electron chi connectivity index (χ4n) is 1.95. The highest BCUT2D eigenvalue weighted by atomic mass is 32.2. The molecule has 2 nitrogen and oxygen atoms in total. The van der Waals surface area contributed by atoms with E-state index in [-0.39, 0.29) is 5.41 Å². The molecule has 112 valence electrons. The minimum Gasteiger partial charge on any atom is -0.481 e. The third-order valence-electron chi connectivity index (χ3n) is 3.27. The van der Waals surface area contributed by atoms with Crippen molar-refractivity contribution < 1.29 is 9.90 Å². The van der Waals surface area contributed by atoms with Crippen molar-refractivity contribution in [3.63, 3.8) is 0 Å². The van der Waals surface area contributed by atoms with Gasteiger partial charge in [-0.2, -0.15) is 11.8 Å². The zero-order chi connectivity index (χ0) is 15.0. The van der Waals surface area contributed by atoms with E-state index in [1.54, 1.807) is 0 Å². The van der Waals surface area contributed by atoms with Crippen LogP contribution < -0.4 is 0 Å². The number of carboxylic acid groups (broad SMARTS) is 1. The van der Waals surface area contributed by atoms with Crippen LogP contribution in [0.3, 0.4) is 0 Å². The summed E-state index contributed by atoms with van der Waals surface area (Å²) < 4.78 is 0. The molecule has 0 fully saturated rings. The van der Waals surface area contributed by atoms with Crippen LogP contribution in [0, 0.1) is 0 Å². The van der Waals surface area contributed by atoms with Gasteiger partial charge in [-0.25, -0.2) is 0 Å². The largest absolute Gasteiger partial charge is 0.481 e. The Kier molecular flexibility index (Phi) is 7.14. The van der Waals surface area contributed by atoms with Crippen LogP contribution in [0.2, 0.25) is 0 Å². The van der Waals surface area contributed by atoms with Crippen molar-refractivity contribution in [2.24, 2.45) is 0 Å². The first-order chi connectivity index (χ1) is 9.39. The van der Waals surface area contributed by atoms with Gasteiger partial charge in [-0.1, -0.05) is 51.5 Å². The molecule has 0 bridgehead atoms. The van der Waals surface area contributed by atoms with Crippen LogP contribution in [0.5, 0.6) is 0 Å². The lowest BCUT2D eigenvalue weighted by Crippen LogP contribution is -2.10. The Hall–Kier alpha value is -0.960. The van der Waals surface area contributed by atoms with Gasteiger partial charge in [-0.05, 0) is 35.1 Å². The lowest BCUT2D eigenvalue weighted by atomic mass is 9.87. The zero-order valence-electron chi connectivity index (χ0n) is 12.8. The van der Waals surface area contributed by atoms with Gasteiger partial charge in [0.1, 0.15) is 0 Å². The molecular weight excluding hydrogens is 268 g/mol. The first-order valence-electron chi connectivity index (χ1n) is 7.28. The SMILES string of the molecule is CC(C)(C)c1ccc(CSCCCCCC(=O)O)cc1. The van der Waals surface area contributed by atoms with Gasteiger partial charge < -0.3 is 5.11 Å². The summed E-state index contributed by atoms with van der Waals surface area (Å²) in [5.74, 6) is 1.47. The van der Waals surface area contributed by atoms with Crippen LogP contribution in [-0.2, 0) is 16.0 Å². The predicted molar refractivity (Wildman–Crippen MR) is 87.4 cm³/mol. The summed E-state index contributed by atoms with van der Waals surface area (Å²) in [6.07, 6.45) is 3.23. The Morgan fingerprint density at radius 3 is 2.30 bits per heavy atom. The highest BCUT2D eigenvalue weighted by Gasteiger charge is 2.12. The minimum atomic E-state index is -0.684. The summed E-state index contributed by atoms with van der Waals surface area (Å²) in [4.78, 5) is 10.4. The molecule has 0 heterocycles. The van der Waals surface area contributed by atoms with Crippen molar-refractivity contribution in [2.45, 2.75) is 57.6 Å². The molecule has 0 amide bonds. The average molecular weight is 294 g/mol. The van der Waals surface area contributed by atoms with Crippen LogP contribution >= 0.6 is 11.8 Å². The number of unbranched alkanes of at least 4 members (excludes halogenated alkanes) is 2. The summed E-state index contributed by atoms with van der Waals surface area (Å²) >= 11 is 1.93. The van der Waals surface area contributed by atoms with Crippen LogP contribution in [0.25, 0.3) is 0 Å². The van der Waals surface area contributed by atoms with E-state index in [1.165, 1.54) is 11.1 Å². The minimum absolute atomic E-state index is 0.218. The van der Waals surface area contributed by atoms with Gasteiger partial charge in [-0.15, -0.1) is 0 Å². The Balaban J connectivity index is 2.18. The molecule has 0 atom stereocenters. The highest BCUT2D eigenvalue weighted by Crippen LogP contribution is 2.23. The topological polar surface area (TPSA) is 37.3 Å². The fraction of sp³-hybridized carbons (Fsp3) is 0.588. The quantitative estimate of drug-likeness (QED) is 0.695. The summed E-state index contributed by atoms with van der Waals surface area (Å²) in [6, 6.07) is 8.89. The molecule has 0 aliphatic rings. The van der Waals surface area contributed by atoms with Gasteiger partial charge in [0, 0.05) is 12.2 Å². The third-order valence-corrected chi connectivity index (χ3v) is 4.38. The molecule has 1 N–H and O–H groups in total. The Morgan fingerprint density at radius 2 is 1.75 bits per heavy atom. The lowest BCUT2D eigenvalue weighted by molar-refractivity contribution is -0.137. The molecule has 1 aromatic rings. The van der Waals surface area contributed by atoms with Gasteiger partial charge >= 0.3 is 5.97 Å². The van der Waals surface area contributed by atoms with E-state index < -0.39 is 5.97 Å². The van der Waals surface area contributed by atoms with Gasteiger partial charge in [0.15, 0.2) is 0 Å². The van der Waals surface area contributed by atoms with E-state index in [2.05, 4.69) is 45.0 Å². The molecule has 3 heteroatoms. The predicted octanol–water partition coefficient (Wildman–Crippen LogP) is 4.86. The van der Waals surface area contributed by atoms with Crippen LogP contribution in [-0.4, -0.2) is 16.8 Å². The van der Waals surface area contributed by atoms with Crippen LogP contribution in [0.15, 0.2) is 24.3 Å². The van der Waals surface area contributed by atoms with Crippen LogP contribution in [0.4, 0.5) is 0 Å². The maximum Gasteiger partial charge on any atom is 0.303 e. The number of rotatable bonds is 8. The maximum atomic E-state index is 10.4. The van der Waals surface area contributed by atoms with Gasteiger partial charge in [0.05, 0.1) is 0 Å². The smallest absolute Gasteiger partial charge is 0.303 e. The summed E-state index contributed by atoms with van der Waals surface area (Å²) in [5, 5.41) is 8.54. The first kappa shape index (κ1) is 17.1. The molecule has 1 rings (SSSR count). The highest BCUT2D eigenvalue weighted by molar-refractivity contribution is 7.98. The summed E-state index contributed by atoms with van der Waals surface area (Å²) in [6.45, 7) is 6.69. The van der Waals surface area contributed by atoms with E-state index in [0.717, 1.165) is 30.8 Å². The average Bonchev–Trinajstić information content (AvgIpc) is 2.37. The fourth-order valence-corrected chi connectivity index (χ4v) is 2.93. The molecule has 0 aliphatic heterocycles. The van der Waals surface area contributed by atoms with Gasteiger partial charge in [0.25, 0.3) is 0 Å². The summed E-state index contributed by atoms with van der Waals surface area (Å²) in [7, 11) is 0. The molecule has 0 saturated carbocycles. The maximum absolute atomic E-state index is 10.4. The third kappa shape index (κ3) is 6.99. The number of aliphatic carboxylic acids is 1. The number of hydrogen-bond acceptors (Lipinski definition) is 2. The van der Waals surface area contributed by atoms with Crippen molar-refractivity contribution in [1.29, 1.82) is 0 Å². The van der Waals surface area contributed by atoms with Crippen LogP contribution in [0.1, 0.15) is 57.6 Å². The summed E-state index contributed by atoms with van der Waals surface area (Å²) in [5.41, 5.74) is 2.96. The standard InChI is InChI=1S/C17H26O2S/c1-17(2,3)15-10-8-14(9-11-15)13-20-12-6-4-5-7-16(18)19/h8-11H,4-7,12-13H2,1-3H3,(H,18,19). The normalized spacial score (nSPS) is 11.6. The molecule has 0 saturated heterocycles. The van der Waals surface area contributed by atoms with Crippen molar-refractivity contribution in [3.05, 3.63) is 35.4 Å². The molecule has 0 aromatic heterocycles. The molecule has 1 aromatic carbocycles. The number of hydrogen-bond donors (Lipinski definition) is 1. The number of thioether (sulfide) groups is 1. The number of carbonyl (C=O) groups is 1. The van der Waals surface area contributed by atoms with Crippen molar-refractivity contribution >= 4 is 17.7 Å². The second kappa shape index (κ2) is 8.35. The van der Waals surface area contributed by atoms with Crippen molar-refractivity contribution in [2.75, 3.05) is 5.75 Å². The lowest BCUT2D eigenvalue weighted by Gasteiger charge is -2.19. The Labute approximate surface area is 127 Å². The van der Waals surface area contributed by atoms with E-state index >= 15 is 0 Å². The van der Waals surface area contributed by atoms with Crippen molar-refractivity contribution in [3.8, 4) is 0 Å². The van der Waals surface area contributed by atoms with E-state index in [0.29, 0.717) is 6.42 Å². The van der Waals surface area contributed by atoms with E-state index in [1.807, 2.05) is 11.8 Å². The Bertz CT molecular complexity index is 404. The first-order valence-corrected chi connectivity index (χ1v) is 8.44. The second-order valence-corrected chi connectivity index (χ2v) is 7.31. The van der Waals surface area contributed by atoms with Gasteiger partial charge in [-0.3, -0.25) is 4.79 Å². The van der Waals surface area contributed by atoms with Gasteiger partial charge in [0.2, 0.25) is 0 Å². The molecule has 0 radical (unpaired) electrons. The number of benzene rings is 1. The van der Waals surface area contributed by atoms with Crippen molar-refractivity contribution in [1.82, 2.24) is 0 Å². The monoisotopic (exact) mass is 294 g/mol. The molecule has 0 aliphatic carbocycles.